The minimum Gasteiger partial charge on any atom is -0.383 e. The van der Waals surface area contributed by atoms with Gasteiger partial charge in [0, 0.05) is 57.8 Å². The van der Waals surface area contributed by atoms with E-state index in [9.17, 15) is 4.79 Å². The van der Waals surface area contributed by atoms with Gasteiger partial charge in [0.25, 0.3) is 0 Å². The van der Waals surface area contributed by atoms with E-state index in [1.54, 1.807) is 13.3 Å². The summed E-state index contributed by atoms with van der Waals surface area (Å²) in [5.41, 5.74) is 2.21. The molecule has 0 spiro atoms. The number of rotatable bonds is 7. The van der Waals surface area contributed by atoms with Gasteiger partial charge in [-0.15, -0.1) is 0 Å². The monoisotopic (exact) mass is 332 g/mol. The summed E-state index contributed by atoms with van der Waals surface area (Å²) in [4.78, 5) is 14.8. The lowest BCUT2D eigenvalue weighted by atomic mass is 10.1. The Labute approximate surface area is 141 Å². The number of fused-ring (bicyclic) bond motifs is 1. The molecule has 130 valence electrons. The molecule has 24 heavy (non-hydrogen) atoms. The molecule has 2 aromatic rings. The fourth-order valence-electron chi connectivity index (χ4n) is 2.99. The summed E-state index contributed by atoms with van der Waals surface area (Å²) in [7, 11) is 1.62. The molecule has 1 atom stereocenters. The Morgan fingerprint density at radius 1 is 1.46 bits per heavy atom. The maximum Gasteiger partial charge on any atom is 0.246 e. The van der Waals surface area contributed by atoms with E-state index in [1.807, 2.05) is 21.6 Å². The largest absolute Gasteiger partial charge is 0.383 e. The summed E-state index contributed by atoms with van der Waals surface area (Å²) in [5, 5.41) is 11.6. The molecule has 1 aliphatic rings. The molecular formula is C16H24N6O2. The van der Waals surface area contributed by atoms with Crippen LogP contribution in [0.5, 0.6) is 0 Å². The highest BCUT2D eigenvalue weighted by Crippen LogP contribution is 2.22. The van der Waals surface area contributed by atoms with Crippen LogP contribution < -0.4 is 5.32 Å². The first-order chi connectivity index (χ1) is 11.7. The van der Waals surface area contributed by atoms with Crippen LogP contribution in [0.2, 0.25) is 0 Å². The van der Waals surface area contributed by atoms with Crippen molar-refractivity contribution in [2.24, 2.45) is 0 Å². The van der Waals surface area contributed by atoms with Gasteiger partial charge in [0.1, 0.15) is 6.04 Å². The molecule has 0 unspecified atom stereocenters. The lowest BCUT2D eigenvalue weighted by Gasteiger charge is -2.32. The standard InChI is InChI=1S/C16H24N6O2/c1-3-21-10-13(8-19-21)9-20-11-14-4-5-18-22(14)15(12-20)16(23)17-6-7-24-2/h4-5,8,10,15H,3,6-7,9,11-12H2,1-2H3,(H,17,23)/t15-/m0/s1. The highest BCUT2D eigenvalue weighted by Gasteiger charge is 2.30. The Kier molecular flexibility index (Phi) is 5.27. The van der Waals surface area contributed by atoms with E-state index in [0.717, 1.165) is 30.9 Å². The average molecular weight is 332 g/mol. The first-order valence-corrected chi connectivity index (χ1v) is 8.24. The number of ether oxygens (including phenoxy) is 1. The van der Waals surface area contributed by atoms with Gasteiger partial charge in [0.2, 0.25) is 5.91 Å². The van der Waals surface area contributed by atoms with Crippen molar-refractivity contribution in [3.05, 3.63) is 35.9 Å². The fourth-order valence-corrected chi connectivity index (χ4v) is 2.99. The van der Waals surface area contributed by atoms with Crippen LogP contribution in [0.3, 0.4) is 0 Å². The first kappa shape index (κ1) is 16.7. The minimum absolute atomic E-state index is 0.0223. The van der Waals surface area contributed by atoms with Crippen molar-refractivity contribution >= 4 is 5.91 Å². The fraction of sp³-hybridized carbons (Fsp3) is 0.562. The molecule has 8 nitrogen and oxygen atoms in total. The number of aromatic nitrogens is 4. The number of carbonyl (C=O) groups is 1. The number of aryl methyl sites for hydroxylation is 1. The van der Waals surface area contributed by atoms with E-state index < -0.39 is 0 Å². The van der Waals surface area contributed by atoms with Gasteiger partial charge < -0.3 is 10.1 Å². The second-order valence-corrected chi connectivity index (χ2v) is 5.94. The lowest BCUT2D eigenvalue weighted by Crippen LogP contribution is -2.45. The summed E-state index contributed by atoms with van der Waals surface area (Å²) in [5.74, 6) is -0.0223. The molecule has 3 rings (SSSR count). The predicted molar refractivity (Wildman–Crippen MR) is 88.2 cm³/mol. The van der Waals surface area contributed by atoms with Crippen LogP contribution in [0.4, 0.5) is 0 Å². The van der Waals surface area contributed by atoms with Crippen molar-refractivity contribution in [2.45, 2.75) is 32.6 Å². The quantitative estimate of drug-likeness (QED) is 0.744. The van der Waals surface area contributed by atoms with Crippen LogP contribution in [0.15, 0.2) is 24.7 Å². The predicted octanol–water partition coefficient (Wildman–Crippen LogP) is 0.419. The average Bonchev–Trinajstić information content (AvgIpc) is 3.23. The van der Waals surface area contributed by atoms with Gasteiger partial charge in [-0.1, -0.05) is 0 Å². The van der Waals surface area contributed by atoms with E-state index in [0.29, 0.717) is 19.7 Å². The van der Waals surface area contributed by atoms with Gasteiger partial charge in [-0.2, -0.15) is 10.2 Å². The SMILES string of the molecule is CCn1cc(CN2Cc3ccnn3[C@H](C(=O)NCCOC)C2)cn1. The lowest BCUT2D eigenvalue weighted by molar-refractivity contribution is -0.126. The van der Waals surface area contributed by atoms with Gasteiger partial charge in [-0.3, -0.25) is 19.1 Å². The van der Waals surface area contributed by atoms with Crippen molar-refractivity contribution in [1.82, 2.24) is 29.8 Å². The molecular weight excluding hydrogens is 308 g/mol. The Balaban J connectivity index is 1.69. The van der Waals surface area contributed by atoms with Crippen LogP contribution in [0.25, 0.3) is 0 Å². The van der Waals surface area contributed by atoms with Gasteiger partial charge >= 0.3 is 0 Å². The Morgan fingerprint density at radius 2 is 2.33 bits per heavy atom. The van der Waals surface area contributed by atoms with Crippen molar-refractivity contribution in [2.75, 3.05) is 26.8 Å². The molecule has 0 saturated carbocycles. The van der Waals surface area contributed by atoms with Crippen LogP contribution in [-0.4, -0.2) is 57.2 Å². The van der Waals surface area contributed by atoms with Gasteiger partial charge in [0.15, 0.2) is 0 Å². The Hall–Kier alpha value is -2.19. The number of methoxy groups -OCH3 is 1. The third-order valence-electron chi connectivity index (χ3n) is 4.19. The van der Waals surface area contributed by atoms with E-state index >= 15 is 0 Å². The summed E-state index contributed by atoms with van der Waals surface area (Å²) in [6.07, 6.45) is 5.70. The normalized spacial score (nSPS) is 17.7. The summed E-state index contributed by atoms with van der Waals surface area (Å²) in [6.45, 7) is 6.11. The Bertz CT molecular complexity index is 680. The second-order valence-electron chi connectivity index (χ2n) is 5.94. The zero-order valence-electron chi connectivity index (χ0n) is 14.2. The zero-order chi connectivity index (χ0) is 16.9. The zero-order valence-corrected chi connectivity index (χ0v) is 14.2. The molecule has 1 N–H and O–H groups in total. The number of hydrogen-bond donors (Lipinski definition) is 1. The molecule has 1 amide bonds. The maximum absolute atomic E-state index is 12.5. The maximum atomic E-state index is 12.5. The first-order valence-electron chi connectivity index (χ1n) is 8.24. The summed E-state index contributed by atoms with van der Waals surface area (Å²) in [6, 6.07) is 1.65. The van der Waals surface area contributed by atoms with E-state index in [4.69, 9.17) is 4.74 Å². The van der Waals surface area contributed by atoms with E-state index in [1.165, 1.54) is 0 Å². The van der Waals surface area contributed by atoms with Crippen LogP contribution >= 0.6 is 0 Å². The molecule has 8 heteroatoms. The van der Waals surface area contributed by atoms with Crippen LogP contribution in [0, 0.1) is 0 Å². The summed E-state index contributed by atoms with van der Waals surface area (Å²) >= 11 is 0. The number of nitrogens with zero attached hydrogens (tertiary/aromatic N) is 5. The molecule has 0 aromatic carbocycles. The van der Waals surface area contributed by atoms with Crippen molar-refractivity contribution < 1.29 is 9.53 Å². The Morgan fingerprint density at radius 3 is 3.08 bits per heavy atom. The molecule has 0 radical (unpaired) electrons. The highest BCUT2D eigenvalue weighted by molar-refractivity contribution is 5.80. The number of nitrogens with one attached hydrogen (secondary N) is 1. The van der Waals surface area contributed by atoms with Gasteiger partial charge in [-0.25, -0.2) is 0 Å². The number of carbonyl (C=O) groups excluding carboxylic acids is 1. The smallest absolute Gasteiger partial charge is 0.246 e. The molecule has 1 aliphatic heterocycles. The molecule has 0 aliphatic carbocycles. The minimum atomic E-state index is -0.318. The molecule has 0 saturated heterocycles. The molecule has 2 aromatic heterocycles. The van der Waals surface area contributed by atoms with Crippen LogP contribution in [0.1, 0.15) is 24.2 Å². The molecule has 0 fully saturated rings. The van der Waals surface area contributed by atoms with E-state index in [2.05, 4.69) is 33.5 Å². The van der Waals surface area contributed by atoms with Crippen molar-refractivity contribution in [3.63, 3.8) is 0 Å². The summed E-state index contributed by atoms with van der Waals surface area (Å²) < 4.78 is 8.73. The van der Waals surface area contributed by atoms with Crippen LogP contribution in [-0.2, 0) is 29.2 Å². The number of hydrogen-bond acceptors (Lipinski definition) is 5. The van der Waals surface area contributed by atoms with Gasteiger partial charge in [-0.05, 0) is 13.0 Å². The molecule has 0 bridgehead atoms. The van der Waals surface area contributed by atoms with E-state index in [-0.39, 0.29) is 11.9 Å². The van der Waals surface area contributed by atoms with Gasteiger partial charge in [0.05, 0.1) is 18.5 Å². The highest BCUT2D eigenvalue weighted by atomic mass is 16.5. The van der Waals surface area contributed by atoms with Crippen molar-refractivity contribution in [1.29, 1.82) is 0 Å². The second kappa shape index (κ2) is 7.59. The van der Waals surface area contributed by atoms with Crippen molar-refractivity contribution in [3.8, 4) is 0 Å². The molecule has 3 heterocycles. The number of amides is 1. The third kappa shape index (κ3) is 3.65. The third-order valence-corrected chi connectivity index (χ3v) is 4.19. The topological polar surface area (TPSA) is 77.2 Å².